The minimum atomic E-state index is -3.17. The largest absolute Gasteiger partial charge is 0.494 e. The Labute approximate surface area is 174 Å². The lowest BCUT2D eigenvalue weighted by Gasteiger charge is -2.22. The van der Waals surface area contributed by atoms with E-state index in [2.05, 4.69) is 15.0 Å². The first kappa shape index (κ1) is 24.9. The molecule has 1 rings (SSSR count). The molecule has 1 aromatic carbocycles. The fourth-order valence-corrected chi connectivity index (χ4v) is 2.75. The molecule has 9 heteroatoms. The molecule has 0 aliphatic rings. The summed E-state index contributed by atoms with van der Waals surface area (Å²) in [5, 5.41) is 3.22. The number of hydrogen-bond acceptors (Lipinski definition) is 4. The van der Waals surface area contributed by atoms with E-state index in [1.54, 1.807) is 6.92 Å². The molecule has 0 aromatic heterocycles. The number of guanidine groups is 1. The minimum Gasteiger partial charge on any atom is -0.494 e. The van der Waals surface area contributed by atoms with E-state index in [0.717, 1.165) is 23.8 Å². The number of halogens is 1. The van der Waals surface area contributed by atoms with Crippen LogP contribution in [0.4, 0.5) is 0 Å². The Balaban J connectivity index is 0.00000625. The number of ether oxygens (including phenoxy) is 1. The van der Waals surface area contributed by atoms with Crippen molar-refractivity contribution in [1.82, 2.24) is 14.9 Å². The van der Waals surface area contributed by atoms with Crippen LogP contribution in [0, 0.1) is 0 Å². The molecule has 0 aliphatic carbocycles. The van der Waals surface area contributed by atoms with Gasteiger partial charge in [0, 0.05) is 26.7 Å². The van der Waals surface area contributed by atoms with Gasteiger partial charge in [-0.2, -0.15) is 0 Å². The second-order valence-corrected chi connectivity index (χ2v) is 7.56. The Morgan fingerprint density at radius 2 is 1.85 bits per heavy atom. The molecule has 0 saturated heterocycles. The zero-order valence-electron chi connectivity index (χ0n) is 16.0. The van der Waals surface area contributed by atoms with Crippen LogP contribution in [0.3, 0.4) is 0 Å². The third-order valence-corrected chi connectivity index (χ3v) is 4.83. The molecule has 1 aromatic rings. The van der Waals surface area contributed by atoms with Crippen LogP contribution in [-0.4, -0.2) is 58.3 Å². The van der Waals surface area contributed by atoms with E-state index in [1.807, 2.05) is 50.1 Å². The van der Waals surface area contributed by atoms with Crippen LogP contribution in [0.5, 0.6) is 5.75 Å². The second-order valence-electron chi connectivity index (χ2n) is 5.47. The number of aliphatic imine (C=N–C) groups is 1. The molecule has 0 unspecified atom stereocenters. The van der Waals surface area contributed by atoms with Gasteiger partial charge in [-0.15, -0.1) is 24.0 Å². The Bertz CT molecular complexity index is 636. The van der Waals surface area contributed by atoms with Crippen LogP contribution in [0.25, 0.3) is 0 Å². The van der Waals surface area contributed by atoms with E-state index in [9.17, 15) is 8.42 Å². The average molecular weight is 498 g/mol. The molecule has 0 aliphatic heterocycles. The molecule has 0 atom stereocenters. The normalized spacial score (nSPS) is 11.6. The molecule has 0 heterocycles. The lowest BCUT2D eigenvalue weighted by atomic mass is 10.2. The lowest BCUT2D eigenvalue weighted by molar-refractivity contribution is 0.340. The van der Waals surface area contributed by atoms with Crippen LogP contribution in [0.15, 0.2) is 29.3 Å². The summed E-state index contributed by atoms with van der Waals surface area (Å²) in [6.07, 6.45) is 0. The van der Waals surface area contributed by atoms with Gasteiger partial charge >= 0.3 is 0 Å². The van der Waals surface area contributed by atoms with Crippen molar-refractivity contribution in [3.05, 3.63) is 29.8 Å². The van der Waals surface area contributed by atoms with E-state index < -0.39 is 10.0 Å². The standard InChI is InChI=1S/C17H30N4O3S.HI/c1-5-18-17(19-12-13-20-25(22,23)7-3)21(4)14-15-8-10-16(11-9-15)24-6-2;/h8-11,20H,5-7,12-14H2,1-4H3,(H,18,19);1H. The second kappa shape index (κ2) is 13.2. The highest BCUT2D eigenvalue weighted by Crippen LogP contribution is 2.13. The Hall–Kier alpha value is -1.07. The molecule has 0 fully saturated rings. The summed E-state index contributed by atoms with van der Waals surface area (Å²) in [4.78, 5) is 6.48. The first-order chi connectivity index (χ1) is 11.9. The van der Waals surface area contributed by atoms with Crippen LogP contribution >= 0.6 is 24.0 Å². The van der Waals surface area contributed by atoms with Crippen molar-refractivity contribution in [2.45, 2.75) is 27.3 Å². The SMILES string of the molecule is CCNC(=NCCNS(=O)(=O)CC)N(C)Cc1ccc(OCC)cc1.I. The van der Waals surface area contributed by atoms with E-state index in [1.165, 1.54) is 0 Å². The van der Waals surface area contributed by atoms with Crippen molar-refractivity contribution in [3.8, 4) is 5.75 Å². The van der Waals surface area contributed by atoms with Gasteiger partial charge in [-0.25, -0.2) is 13.1 Å². The molecule has 150 valence electrons. The lowest BCUT2D eigenvalue weighted by Crippen LogP contribution is -2.39. The summed E-state index contributed by atoms with van der Waals surface area (Å²) in [5.74, 6) is 1.68. The Morgan fingerprint density at radius 3 is 2.38 bits per heavy atom. The molecule has 0 bridgehead atoms. The highest BCUT2D eigenvalue weighted by atomic mass is 127. The Morgan fingerprint density at radius 1 is 1.19 bits per heavy atom. The van der Waals surface area contributed by atoms with Crippen LogP contribution in [0.1, 0.15) is 26.3 Å². The predicted octanol–water partition coefficient (Wildman–Crippen LogP) is 2.04. The minimum absolute atomic E-state index is 0. The molecule has 0 spiro atoms. The fraction of sp³-hybridized carbons (Fsp3) is 0.588. The molecule has 26 heavy (non-hydrogen) atoms. The number of rotatable bonds is 10. The molecule has 0 radical (unpaired) electrons. The van der Waals surface area contributed by atoms with Gasteiger partial charge in [0.2, 0.25) is 10.0 Å². The average Bonchev–Trinajstić information content (AvgIpc) is 2.59. The summed E-state index contributed by atoms with van der Waals surface area (Å²) in [5.41, 5.74) is 1.14. The van der Waals surface area contributed by atoms with Gasteiger partial charge in [-0.3, -0.25) is 4.99 Å². The zero-order chi connectivity index (χ0) is 18.7. The van der Waals surface area contributed by atoms with E-state index in [4.69, 9.17) is 4.74 Å². The maximum Gasteiger partial charge on any atom is 0.211 e. The maximum absolute atomic E-state index is 11.4. The topological polar surface area (TPSA) is 83.0 Å². The zero-order valence-corrected chi connectivity index (χ0v) is 19.1. The summed E-state index contributed by atoms with van der Waals surface area (Å²) in [7, 11) is -1.22. The highest BCUT2D eigenvalue weighted by Gasteiger charge is 2.08. The molecular weight excluding hydrogens is 467 g/mol. The van der Waals surface area contributed by atoms with Gasteiger partial charge in [-0.05, 0) is 38.5 Å². The van der Waals surface area contributed by atoms with Crippen molar-refractivity contribution in [2.75, 3.05) is 39.0 Å². The van der Waals surface area contributed by atoms with Crippen LogP contribution in [0.2, 0.25) is 0 Å². The van der Waals surface area contributed by atoms with Gasteiger partial charge in [0.15, 0.2) is 5.96 Å². The van der Waals surface area contributed by atoms with Crippen LogP contribution in [-0.2, 0) is 16.6 Å². The number of sulfonamides is 1. The van der Waals surface area contributed by atoms with Crippen molar-refractivity contribution >= 4 is 40.0 Å². The first-order valence-electron chi connectivity index (χ1n) is 8.60. The first-order valence-corrected chi connectivity index (χ1v) is 10.3. The fourth-order valence-electron chi connectivity index (χ4n) is 2.14. The van der Waals surface area contributed by atoms with Gasteiger partial charge in [0.1, 0.15) is 5.75 Å². The summed E-state index contributed by atoms with van der Waals surface area (Å²) >= 11 is 0. The molecular formula is C17H31IN4O3S. The van der Waals surface area contributed by atoms with Crippen molar-refractivity contribution in [3.63, 3.8) is 0 Å². The highest BCUT2D eigenvalue weighted by molar-refractivity contribution is 14.0. The Kier molecular flexibility index (Phi) is 12.6. The number of nitrogens with zero attached hydrogens (tertiary/aromatic N) is 2. The van der Waals surface area contributed by atoms with E-state index in [-0.39, 0.29) is 29.7 Å². The predicted molar refractivity (Wildman–Crippen MR) is 118 cm³/mol. The van der Waals surface area contributed by atoms with Crippen molar-refractivity contribution in [2.24, 2.45) is 4.99 Å². The van der Waals surface area contributed by atoms with E-state index in [0.29, 0.717) is 26.2 Å². The number of hydrogen-bond donors (Lipinski definition) is 2. The number of benzene rings is 1. The van der Waals surface area contributed by atoms with Crippen molar-refractivity contribution < 1.29 is 13.2 Å². The monoisotopic (exact) mass is 498 g/mol. The van der Waals surface area contributed by atoms with Crippen molar-refractivity contribution in [1.29, 1.82) is 0 Å². The maximum atomic E-state index is 11.4. The van der Waals surface area contributed by atoms with Crippen LogP contribution < -0.4 is 14.8 Å². The van der Waals surface area contributed by atoms with Gasteiger partial charge in [0.25, 0.3) is 0 Å². The van der Waals surface area contributed by atoms with Gasteiger partial charge < -0.3 is 15.0 Å². The third-order valence-electron chi connectivity index (χ3n) is 3.43. The molecule has 0 amide bonds. The summed E-state index contributed by atoms with van der Waals surface area (Å²) in [6.45, 7) is 8.34. The smallest absolute Gasteiger partial charge is 0.211 e. The third kappa shape index (κ3) is 9.58. The van der Waals surface area contributed by atoms with Gasteiger partial charge in [-0.1, -0.05) is 12.1 Å². The number of nitrogens with one attached hydrogen (secondary N) is 2. The van der Waals surface area contributed by atoms with Gasteiger partial charge in [0.05, 0.1) is 18.9 Å². The quantitative estimate of drug-likeness (QED) is 0.223. The molecule has 0 saturated carbocycles. The summed E-state index contributed by atoms with van der Waals surface area (Å²) < 4.78 is 30.8. The molecule has 7 nitrogen and oxygen atoms in total. The summed E-state index contributed by atoms with van der Waals surface area (Å²) in [6, 6.07) is 7.97. The molecule has 2 N–H and O–H groups in total. The van der Waals surface area contributed by atoms with E-state index >= 15 is 0 Å².